The molecule has 86 valence electrons. The predicted molar refractivity (Wildman–Crippen MR) is 63.5 cm³/mol. The summed E-state index contributed by atoms with van der Waals surface area (Å²) < 4.78 is 0. The Balaban J connectivity index is 2.23. The van der Waals surface area contributed by atoms with E-state index < -0.39 is 5.97 Å². The molecule has 1 aromatic rings. The van der Waals surface area contributed by atoms with Gasteiger partial charge in [0.1, 0.15) is 11.9 Å². The van der Waals surface area contributed by atoms with Crippen molar-refractivity contribution in [3.8, 4) is 0 Å². The zero-order chi connectivity index (χ0) is 11.7. The van der Waals surface area contributed by atoms with Crippen LogP contribution >= 0.6 is 23.1 Å². The van der Waals surface area contributed by atoms with Crippen LogP contribution in [0.25, 0.3) is 0 Å². The molecule has 0 bridgehead atoms. The monoisotopic (exact) mass is 257 g/mol. The van der Waals surface area contributed by atoms with Crippen LogP contribution in [0, 0.1) is 0 Å². The molecule has 2 atom stereocenters. The molecule has 1 amide bonds. The van der Waals surface area contributed by atoms with E-state index in [0.29, 0.717) is 0 Å². The maximum Gasteiger partial charge on any atom is 0.323 e. The maximum absolute atomic E-state index is 11.8. The van der Waals surface area contributed by atoms with Gasteiger partial charge in [-0.05, 0) is 18.4 Å². The van der Waals surface area contributed by atoms with Gasteiger partial charge in [0.25, 0.3) is 0 Å². The molecule has 1 aromatic heterocycles. The number of thioether (sulfide) groups is 1. The normalized spacial score (nSPS) is 25.1. The van der Waals surface area contributed by atoms with Gasteiger partial charge in [-0.3, -0.25) is 9.59 Å². The van der Waals surface area contributed by atoms with Gasteiger partial charge in [-0.1, -0.05) is 6.07 Å². The molecule has 0 aliphatic carbocycles. The molecule has 1 aliphatic heterocycles. The number of carboxylic acid groups (broad SMARTS) is 1. The number of rotatable bonds is 3. The van der Waals surface area contributed by atoms with Crippen LogP contribution in [0.2, 0.25) is 0 Å². The van der Waals surface area contributed by atoms with Crippen LogP contribution in [0.15, 0.2) is 17.5 Å². The maximum atomic E-state index is 11.8. The van der Waals surface area contributed by atoms with Crippen molar-refractivity contribution in [2.24, 2.45) is 0 Å². The Bertz CT molecular complexity index is 404. The topological polar surface area (TPSA) is 57.6 Å². The summed E-state index contributed by atoms with van der Waals surface area (Å²) in [6, 6.07) is 3.84. The summed E-state index contributed by atoms with van der Waals surface area (Å²) in [5.74, 6) is -1.06. The molecule has 0 unspecified atom stereocenters. The minimum atomic E-state index is -0.968. The Hall–Kier alpha value is -1.01. The van der Waals surface area contributed by atoms with E-state index in [9.17, 15) is 9.59 Å². The van der Waals surface area contributed by atoms with Crippen LogP contribution in [0.3, 0.4) is 0 Å². The van der Waals surface area contributed by atoms with Crippen LogP contribution in [-0.4, -0.2) is 33.7 Å². The van der Waals surface area contributed by atoms with E-state index in [0.717, 1.165) is 4.88 Å². The molecule has 0 saturated carbocycles. The van der Waals surface area contributed by atoms with Gasteiger partial charge in [-0.25, -0.2) is 0 Å². The molecular formula is C10H11NO3S2. The zero-order valence-corrected chi connectivity index (χ0v) is 10.3. The van der Waals surface area contributed by atoms with Gasteiger partial charge in [-0.15, -0.1) is 23.1 Å². The molecule has 16 heavy (non-hydrogen) atoms. The van der Waals surface area contributed by atoms with Gasteiger partial charge < -0.3 is 10.0 Å². The highest BCUT2D eigenvalue weighted by atomic mass is 32.2. The smallest absolute Gasteiger partial charge is 0.323 e. The van der Waals surface area contributed by atoms with Crippen LogP contribution in [0.4, 0.5) is 0 Å². The Morgan fingerprint density at radius 1 is 1.62 bits per heavy atom. The summed E-state index contributed by atoms with van der Waals surface area (Å²) in [5, 5.41) is 10.4. The quantitative estimate of drug-likeness (QED) is 0.897. The number of thiophene rings is 1. The first-order valence-electron chi connectivity index (χ1n) is 4.80. The molecule has 1 saturated heterocycles. The second kappa shape index (κ2) is 4.47. The Morgan fingerprint density at radius 3 is 2.94 bits per heavy atom. The van der Waals surface area contributed by atoms with Crippen LogP contribution < -0.4 is 0 Å². The van der Waals surface area contributed by atoms with Gasteiger partial charge in [0, 0.05) is 4.88 Å². The van der Waals surface area contributed by atoms with Crippen molar-refractivity contribution >= 4 is 35.0 Å². The van der Waals surface area contributed by atoms with Gasteiger partial charge >= 0.3 is 5.97 Å². The number of amides is 1. The van der Waals surface area contributed by atoms with E-state index in [4.69, 9.17) is 5.11 Å². The highest BCUT2D eigenvalue weighted by Crippen LogP contribution is 2.44. The second-order valence-electron chi connectivity index (χ2n) is 3.51. The summed E-state index contributed by atoms with van der Waals surface area (Å²) in [7, 11) is 0. The first-order valence-corrected chi connectivity index (χ1v) is 6.63. The lowest BCUT2D eigenvalue weighted by atomic mass is 10.3. The number of nitrogens with zero attached hydrogens (tertiary/aromatic N) is 1. The summed E-state index contributed by atoms with van der Waals surface area (Å²) in [6.45, 7) is 1.59. The number of hydrogen-bond donors (Lipinski definition) is 1. The van der Waals surface area contributed by atoms with Crippen molar-refractivity contribution in [2.75, 3.05) is 6.54 Å². The third-order valence-electron chi connectivity index (χ3n) is 2.34. The molecule has 4 nitrogen and oxygen atoms in total. The number of aliphatic carboxylic acids is 1. The lowest BCUT2D eigenvalue weighted by molar-refractivity contribution is -0.144. The fourth-order valence-corrected chi connectivity index (χ4v) is 3.86. The largest absolute Gasteiger partial charge is 0.480 e. The molecule has 1 N–H and O–H groups in total. The highest BCUT2D eigenvalue weighted by Gasteiger charge is 2.39. The Labute approximate surface area is 101 Å². The summed E-state index contributed by atoms with van der Waals surface area (Å²) in [4.78, 5) is 25.0. The molecule has 1 fully saturated rings. The minimum absolute atomic E-state index is 0.0919. The number of carboxylic acids is 1. The Morgan fingerprint density at radius 2 is 2.38 bits per heavy atom. The fraction of sp³-hybridized carbons (Fsp3) is 0.400. The SMILES string of the molecule is C[C@H]1S[C@@H](c2cccs2)N(CC(=O)O)C1=O. The lowest BCUT2D eigenvalue weighted by Gasteiger charge is -2.20. The van der Waals surface area contributed by atoms with Crippen LogP contribution in [0.1, 0.15) is 17.2 Å². The van der Waals surface area contributed by atoms with Gasteiger partial charge in [-0.2, -0.15) is 0 Å². The second-order valence-corrected chi connectivity index (χ2v) is 5.91. The summed E-state index contributed by atoms with van der Waals surface area (Å²) in [6.07, 6.45) is 0. The van der Waals surface area contributed by atoms with Crippen molar-refractivity contribution in [1.82, 2.24) is 4.90 Å². The molecule has 0 radical (unpaired) electrons. The minimum Gasteiger partial charge on any atom is -0.480 e. The average molecular weight is 257 g/mol. The van der Waals surface area contributed by atoms with E-state index >= 15 is 0 Å². The van der Waals surface area contributed by atoms with E-state index in [1.165, 1.54) is 16.7 Å². The third kappa shape index (κ3) is 2.08. The molecule has 6 heteroatoms. The summed E-state index contributed by atoms with van der Waals surface area (Å²) in [5.41, 5.74) is 0. The summed E-state index contributed by atoms with van der Waals surface area (Å²) >= 11 is 3.05. The first kappa shape index (κ1) is 11.5. The zero-order valence-electron chi connectivity index (χ0n) is 8.62. The van der Waals surface area contributed by atoms with Gasteiger partial charge in [0.05, 0.1) is 5.25 Å². The van der Waals surface area contributed by atoms with Crippen LogP contribution in [0.5, 0.6) is 0 Å². The fourth-order valence-electron chi connectivity index (χ4n) is 1.63. The van der Waals surface area contributed by atoms with Gasteiger partial charge in [0.15, 0.2) is 0 Å². The van der Waals surface area contributed by atoms with Crippen LogP contribution in [-0.2, 0) is 9.59 Å². The first-order chi connectivity index (χ1) is 7.59. The van der Waals surface area contributed by atoms with E-state index in [2.05, 4.69) is 0 Å². The lowest BCUT2D eigenvalue weighted by Crippen LogP contribution is -2.34. The molecule has 1 aliphatic rings. The standard InChI is InChI=1S/C10H11NO3S2/c1-6-9(14)11(5-8(12)13)10(16-6)7-3-2-4-15-7/h2-4,6,10H,5H2,1H3,(H,12,13)/t6-,10+/m1/s1. The number of carbonyl (C=O) groups is 2. The molecule has 2 rings (SSSR count). The Kier molecular flexibility index (Phi) is 3.20. The van der Waals surface area contributed by atoms with Crippen molar-refractivity contribution < 1.29 is 14.7 Å². The number of hydrogen-bond acceptors (Lipinski definition) is 4. The molecule has 0 spiro atoms. The van der Waals surface area contributed by atoms with E-state index in [1.807, 2.05) is 24.4 Å². The average Bonchev–Trinajstić information content (AvgIpc) is 2.81. The van der Waals surface area contributed by atoms with E-state index in [-0.39, 0.29) is 23.1 Å². The molecule has 2 heterocycles. The number of carbonyl (C=O) groups excluding carboxylic acids is 1. The highest BCUT2D eigenvalue weighted by molar-refractivity contribution is 8.01. The van der Waals surface area contributed by atoms with Crippen molar-refractivity contribution in [2.45, 2.75) is 17.5 Å². The third-order valence-corrected chi connectivity index (χ3v) is 4.79. The molecular weight excluding hydrogens is 246 g/mol. The van der Waals surface area contributed by atoms with Crippen molar-refractivity contribution in [3.05, 3.63) is 22.4 Å². The molecule has 0 aromatic carbocycles. The van der Waals surface area contributed by atoms with Gasteiger partial charge in [0.2, 0.25) is 5.91 Å². The van der Waals surface area contributed by atoms with Crippen molar-refractivity contribution in [1.29, 1.82) is 0 Å². The predicted octanol–water partition coefficient (Wildman–Crippen LogP) is 1.80. The van der Waals surface area contributed by atoms with Crippen molar-refractivity contribution in [3.63, 3.8) is 0 Å². The van der Waals surface area contributed by atoms with E-state index in [1.54, 1.807) is 11.3 Å².